The lowest BCUT2D eigenvalue weighted by molar-refractivity contribution is -0.113. The SMILES string of the molecule is Cc1nn(C(C)C)c(C)c1C(C)(C=O)NC(=O)OC(C)(C)C. The van der Waals surface area contributed by atoms with Gasteiger partial charge in [-0.1, -0.05) is 0 Å². The van der Waals surface area contributed by atoms with E-state index in [1.165, 1.54) is 0 Å². The average molecular weight is 309 g/mol. The summed E-state index contributed by atoms with van der Waals surface area (Å²) in [5.74, 6) is 0. The predicted molar refractivity (Wildman–Crippen MR) is 84.9 cm³/mol. The van der Waals surface area contributed by atoms with Crippen molar-refractivity contribution in [3.05, 3.63) is 17.0 Å². The van der Waals surface area contributed by atoms with Crippen molar-refractivity contribution in [1.82, 2.24) is 15.1 Å². The maximum Gasteiger partial charge on any atom is 0.408 e. The Morgan fingerprint density at radius 2 is 1.82 bits per heavy atom. The van der Waals surface area contributed by atoms with E-state index in [0.717, 1.165) is 17.7 Å². The van der Waals surface area contributed by atoms with Crippen LogP contribution in [0.4, 0.5) is 4.79 Å². The van der Waals surface area contributed by atoms with Gasteiger partial charge in [-0.3, -0.25) is 4.68 Å². The standard InChI is InChI=1S/C16H27N3O3/c1-10(2)19-12(4)13(11(3)18-19)16(8,9-20)17-14(21)22-15(5,6)7/h9-10H,1-8H3,(H,17,21). The number of alkyl carbamates (subject to hydrolysis) is 1. The third kappa shape index (κ3) is 3.87. The van der Waals surface area contributed by atoms with Crippen molar-refractivity contribution < 1.29 is 14.3 Å². The van der Waals surface area contributed by atoms with E-state index in [2.05, 4.69) is 10.4 Å². The minimum Gasteiger partial charge on any atom is -0.444 e. The molecule has 0 saturated heterocycles. The second-order valence-electron chi connectivity index (χ2n) is 7.03. The molecule has 1 N–H and O–H groups in total. The largest absolute Gasteiger partial charge is 0.444 e. The quantitative estimate of drug-likeness (QED) is 0.868. The lowest BCUT2D eigenvalue weighted by Gasteiger charge is -2.28. The van der Waals surface area contributed by atoms with Gasteiger partial charge in [-0.15, -0.1) is 0 Å². The average Bonchev–Trinajstić information content (AvgIpc) is 2.62. The number of ether oxygens (including phenoxy) is 1. The highest BCUT2D eigenvalue weighted by atomic mass is 16.6. The van der Waals surface area contributed by atoms with E-state index >= 15 is 0 Å². The Balaban J connectivity index is 3.19. The fraction of sp³-hybridized carbons (Fsp3) is 0.688. The van der Waals surface area contributed by atoms with Gasteiger partial charge in [0, 0.05) is 17.3 Å². The van der Waals surface area contributed by atoms with Crippen molar-refractivity contribution in [3.8, 4) is 0 Å². The van der Waals surface area contributed by atoms with Crippen LogP contribution in [0.1, 0.15) is 64.5 Å². The van der Waals surface area contributed by atoms with E-state index in [1.54, 1.807) is 27.7 Å². The number of carbonyl (C=O) groups excluding carboxylic acids is 2. The Hall–Kier alpha value is -1.85. The van der Waals surface area contributed by atoms with Gasteiger partial charge in [-0.05, 0) is 55.4 Å². The summed E-state index contributed by atoms with van der Waals surface area (Å²) in [6.07, 6.45) is 0.0942. The monoisotopic (exact) mass is 309 g/mol. The zero-order chi connectivity index (χ0) is 17.3. The molecule has 1 aromatic rings. The Labute approximate surface area is 132 Å². The second kappa shape index (κ2) is 6.10. The van der Waals surface area contributed by atoms with Gasteiger partial charge in [0.15, 0.2) is 0 Å². The number of carbonyl (C=O) groups is 2. The molecule has 6 nitrogen and oxygen atoms in total. The molecule has 0 aliphatic rings. The lowest BCUT2D eigenvalue weighted by Crippen LogP contribution is -2.47. The van der Waals surface area contributed by atoms with Gasteiger partial charge in [0.05, 0.1) is 5.69 Å². The molecule has 0 radical (unpaired) electrons. The van der Waals surface area contributed by atoms with Crippen LogP contribution in [0.2, 0.25) is 0 Å². The molecule has 0 spiro atoms. The number of aldehydes is 1. The number of hydrogen-bond donors (Lipinski definition) is 1. The first-order chi connectivity index (χ1) is 9.91. The highest BCUT2D eigenvalue weighted by Crippen LogP contribution is 2.28. The number of aryl methyl sites for hydroxylation is 1. The topological polar surface area (TPSA) is 73.2 Å². The number of nitrogens with zero attached hydrogens (tertiary/aromatic N) is 2. The highest BCUT2D eigenvalue weighted by molar-refractivity contribution is 5.78. The summed E-state index contributed by atoms with van der Waals surface area (Å²) >= 11 is 0. The summed E-state index contributed by atoms with van der Waals surface area (Å²) in [5, 5.41) is 7.14. The molecule has 0 saturated carbocycles. The van der Waals surface area contributed by atoms with Crippen molar-refractivity contribution in [3.63, 3.8) is 0 Å². The molecule has 1 amide bonds. The summed E-state index contributed by atoms with van der Waals surface area (Å²) in [6, 6.07) is 0.171. The summed E-state index contributed by atoms with van der Waals surface area (Å²) in [4.78, 5) is 23.8. The lowest BCUT2D eigenvalue weighted by atomic mass is 9.92. The predicted octanol–water partition coefficient (Wildman–Crippen LogP) is 3.02. The zero-order valence-corrected chi connectivity index (χ0v) is 14.8. The number of rotatable bonds is 4. The van der Waals surface area contributed by atoms with Crippen LogP contribution in [0.15, 0.2) is 0 Å². The molecule has 1 aromatic heterocycles. The van der Waals surface area contributed by atoms with Gasteiger partial charge < -0.3 is 14.8 Å². The third-order valence-electron chi connectivity index (χ3n) is 3.33. The molecule has 1 atom stereocenters. The van der Waals surface area contributed by atoms with Crippen LogP contribution in [0.25, 0.3) is 0 Å². The van der Waals surface area contributed by atoms with E-state index in [1.807, 2.05) is 32.4 Å². The van der Waals surface area contributed by atoms with Gasteiger partial charge in [0.25, 0.3) is 0 Å². The molecule has 0 aromatic carbocycles. The van der Waals surface area contributed by atoms with E-state index < -0.39 is 17.2 Å². The van der Waals surface area contributed by atoms with Crippen molar-refractivity contribution in [2.45, 2.75) is 72.6 Å². The molecule has 1 rings (SSSR count). The minimum atomic E-state index is -1.18. The van der Waals surface area contributed by atoms with Gasteiger partial charge in [0.2, 0.25) is 0 Å². The summed E-state index contributed by atoms with van der Waals surface area (Å²) in [5.41, 5.74) is 0.487. The number of amides is 1. The van der Waals surface area contributed by atoms with Crippen molar-refractivity contribution in [2.24, 2.45) is 0 Å². The number of aromatic nitrogens is 2. The zero-order valence-electron chi connectivity index (χ0n) is 14.8. The van der Waals surface area contributed by atoms with Crippen molar-refractivity contribution >= 4 is 12.4 Å². The maximum atomic E-state index is 12.1. The molecule has 0 aliphatic carbocycles. The number of nitrogens with one attached hydrogen (secondary N) is 1. The molecule has 1 heterocycles. The van der Waals surface area contributed by atoms with Crippen molar-refractivity contribution in [1.29, 1.82) is 0 Å². The van der Waals surface area contributed by atoms with Crippen LogP contribution in [0, 0.1) is 13.8 Å². The normalized spacial score (nSPS) is 14.6. The van der Waals surface area contributed by atoms with E-state index in [0.29, 0.717) is 5.56 Å². The molecule has 0 aliphatic heterocycles. The van der Waals surface area contributed by atoms with Crippen LogP contribution in [0.5, 0.6) is 0 Å². The fourth-order valence-electron chi connectivity index (χ4n) is 2.58. The first kappa shape index (κ1) is 18.2. The van der Waals surface area contributed by atoms with Gasteiger partial charge >= 0.3 is 6.09 Å². The van der Waals surface area contributed by atoms with Crippen molar-refractivity contribution in [2.75, 3.05) is 0 Å². The first-order valence-corrected chi connectivity index (χ1v) is 7.45. The Bertz CT molecular complexity index is 570. The third-order valence-corrected chi connectivity index (χ3v) is 3.33. The highest BCUT2D eigenvalue weighted by Gasteiger charge is 2.35. The van der Waals surface area contributed by atoms with Crippen LogP contribution < -0.4 is 5.32 Å². The summed E-state index contributed by atoms with van der Waals surface area (Å²) in [7, 11) is 0. The van der Waals surface area contributed by atoms with Gasteiger partial charge in [-0.25, -0.2) is 4.79 Å². The molecule has 1 unspecified atom stereocenters. The van der Waals surface area contributed by atoms with Crippen LogP contribution in [-0.2, 0) is 15.1 Å². The maximum absolute atomic E-state index is 12.1. The van der Waals surface area contributed by atoms with E-state index in [-0.39, 0.29) is 6.04 Å². The van der Waals surface area contributed by atoms with Crippen LogP contribution >= 0.6 is 0 Å². The fourth-order valence-corrected chi connectivity index (χ4v) is 2.58. The van der Waals surface area contributed by atoms with Gasteiger partial charge in [0.1, 0.15) is 17.4 Å². The van der Waals surface area contributed by atoms with Crippen LogP contribution in [-0.4, -0.2) is 27.8 Å². The molecule has 0 fully saturated rings. The Kier molecular flexibility index (Phi) is 5.05. The molecule has 6 heteroatoms. The molecule has 124 valence electrons. The Morgan fingerprint density at radius 1 is 1.27 bits per heavy atom. The first-order valence-electron chi connectivity index (χ1n) is 7.45. The van der Waals surface area contributed by atoms with Crippen LogP contribution in [0.3, 0.4) is 0 Å². The molecule has 0 bridgehead atoms. The summed E-state index contributed by atoms with van der Waals surface area (Å²) in [6.45, 7) is 14.7. The number of hydrogen-bond acceptors (Lipinski definition) is 4. The minimum absolute atomic E-state index is 0.171. The van der Waals surface area contributed by atoms with Gasteiger partial charge in [-0.2, -0.15) is 5.10 Å². The second-order valence-corrected chi connectivity index (χ2v) is 7.03. The molecule has 22 heavy (non-hydrogen) atoms. The summed E-state index contributed by atoms with van der Waals surface area (Å²) < 4.78 is 7.10. The smallest absolute Gasteiger partial charge is 0.408 e. The Morgan fingerprint density at radius 3 is 2.18 bits per heavy atom. The molecular formula is C16H27N3O3. The molecular weight excluding hydrogens is 282 g/mol. The van der Waals surface area contributed by atoms with E-state index in [4.69, 9.17) is 4.74 Å². The van der Waals surface area contributed by atoms with E-state index in [9.17, 15) is 9.59 Å².